The largest absolute Gasteiger partial charge is 0.0622 e. The normalized spacial score (nSPS) is 12.9. The molecule has 0 spiro atoms. The molecule has 61 heavy (non-hydrogen) atoms. The third kappa shape index (κ3) is 5.39. The number of fused-ring (bicyclic) bond motifs is 7. The summed E-state index contributed by atoms with van der Waals surface area (Å²) in [6.45, 7) is 4.75. The first-order valence-electron chi connectivity index (χ1n) is 21.4. The van der Waals surface area contributed by atoms with Crippen LogP contribution in [0.3, 0.4) is 0 Å². The molecule has 0 fully saturated rings. The molecule has 0 aromatic heterocycles. The minimum Gasteiger partial charge on any atom is -0.0622 e. The number of hydrogen-bond donors (Lipinski definition) is 0. The zero-order chi connectivity index (χ0) is 40.7. The van der Waals surface area contributed by atoms with E-state index in [4.69, 9.17) is 0 Å². The Hall–Kier alpha value is -7.54. The standard InChI is InChI=1S/C61H42/c1-61(2)54-30-16-15-28-51(54)60-52(29-17-31-55(60)61)59-49-27-14-13-26-48(49)58(50-37-36-43(38-53(50)59)39-18-5-3-6-19-39)42-34-32-41(33-35-42)57-46-24-11-9-22-44(46)56(40-20-7-4-8-21-40)45-23-10-12-25-47(45)57/h3-38H,1-2H3. The van der Waals surface area contributed by atoms with Gasteiger partial charge in [0.2, 0.25) is 0 Å². The summed E-state index contributed by atoms with van der Waals surface area (Å²) in [7, 11) is 0. The fraction of sp³-hybridized carbons (Fsp3) is 0.0492. The molecule has 0 amide bonds. The Balaban J connectivity index is 1.11. The summed E-state index contributed by atoms with van der Waals surface area (Å²) in [5, 5.41) is 10.1. The van der Waals surface area contributed by atoms with E-state index >= 15 is 0 Å². The molecule has 0 heteroatoms. The zero-order valence-corrected chi connectivity index (χ0v) is 34.3. The smallest absolute Gasteiger partial charge is 0.0159 e. The molecule has 11 aromatic rings. The molecule has 0 bridgehead atoms. The summed E-state index contributed by atoms with van der Waals surface area (Å²) in [5.41, 5.74) is 17.9. The Morgan fingerprint density at radius 2 is 0.607 bits per heavy atom. The Labute approximate surface area is 357 Å². The van der Waals surface area contributed by atoms with Crippen molar-refractivity contribution in [2.24, 2.45) is 0 Å². The molecule has 0 saturated carbocycles. The van der Waals surface area contributed by atoms with E-state index in [0.717, 1.165) is 0 Å². The van der Waals surface area contributed by atoms with Gasteiger partial charge in [0.05, 0.1) is 0 Å². The zero-order valence-electron chi connectivity index (χ0n) is 34.3. The third-order valence-corrected chi connectivity index (χ3v) is 13.5. The molecular weight excluding hydrogens is 733 g/mol. The molecule has 12 rings (SSSR count). The SMILES string of the molecule is CC1(C)c2ccccc2-c2c(-c3c4ccccc4c(-c4ccc(-c5c6ccccc6c(-c6ccccc6)c6ccccc56)cc4)c4ccc(-c5ccccc5)cc34)cccc21. The van der Waals surface area contributed by atoms with Gasteiger partial charge in [-0.25, -0.2) is 0 Å². The molecule has 0 saturated heterocycles. The van der Waals surface area contributed by atoms with Gasteiger partial charge in [-0.1, -0.05) is 226 Å². The lowest BCUT2D eigenvalue weighted by molar-refractivity contribution is 0.660. The molecule has 0 nitrogen and oxygen atoms in total. The van der Waals surface area contributed by atoms with Crippen molar-refractivity contribution in [3.8, 4) is 66.8 Å². The minimum atomic E-state index is -0.0943. The summed E-state index contributed by atoms with van der Waals surface area (Å²) in [4.78, 5) is 0. The van der Waals surface area contributed by atoms with Crippen LogP contribution in [0.15, 0.2) is 218 Å². The van der Waals surface area contributed by atoms with E-state index in [0.29, 0.717) is 0 Å². The van der Waals surface area contributed by atoms with Crippen LogP contribution in [0.1, 0.15) is 25.0 Å². The topological polar surface area (TPSA) is 0 Å². The van der Waals surface area contributed by atoms with Gasteiger partial charge in [-0.15, -0.1) is 0 Å². The second kappa shape index (κ2) is 13.8. The lowest BCUT2D eigenvalue weighted by Crippen LogP contribution is -2.14. The van der Waals surface area contributed by atoms with Crippen molar-refractivity contribution in [1.82, 2.24) is 0 Å². The molecular formula is C61H42. The van der Waals surface area contributed by atoms with Gasteiger partial charge in [-0.3, -0.25) is 0 Å². The molecule has 0 heterocycles. The Bertz CT molecular complexity index is 3460. The van der Waals surface area contributed by atoms with Crippen LogP contribution >= 0.6 is 0 Å². The maximum atomic E-state index is 2.45. The summed E-state index contributed by atoms with van der Waals surface area (Å²) in [5.74, 6) is 0. The first-order chi connectivity index (χ1) is 30.1. The molecule has 286 valence electrons. The van der Waals surface area contributed by atoms with Crippen LogP contribution in [0.5, 0.6) is 0 Å². The van der Waals surface area contributed by atoms with Crippen molar-refractivity contribution >= 4 is 43.1 Å². The first-order valence-corrected chi connectivity index (χ1v) is 21.4. The number of hydrogen-bond acceptors (Lipinski definition) is 0. The van der Waals surface area contributed by atoms with Gasteiger partial charge in [0.15, 0.2) is 0 Å². The second-order valence-electron chi connectivity index (χ2n) is 17.1. The molecule has 0 N–H and O–H groups in total. The summed E-state index contributed by atoms with van der Waals surface area (Å²) in [6.07, 6.45) is 0. The van der Waals surface area contributed by atoms with Crippen LogP contribution < -0.4 is 0 Å². The van der Waals surface area contributed by atoms with E-state index < -0.39 is 0 Å². The van der Waals surface area contributed by atoms with E-state index in [1.165, 1.54) is 121 Å². The average Bonchev–Trinajstić information content (AvgIpc) is 3.56. The predicted molar refractivity (Wildman–Crippen MR) is 261 cm³/mol. The molecule has 11 aromatic carbocycles. The third-order valence-electron chi connectivity index (χ3n) is 13.5. The monoisotopic (exact) mass is 774 g/mol. The van der Waals surface area contributed by atoms with Gasteiger partial charge in [-0.05, 0) is 127 Å². The summed E-state index contributed by atoms with van der Waals surface area (Å²) in [6, 6.07) is 81.1. The number of rotatable bonds is 5. The lowest BCUT2D eigenvalue weighted by Gasteiger charge is -2.23. The summed E-state index contributed by atoms with van der Waals surface area (Å²) >= 11 is 0. The second-order valence-corrected chi connectivity index (χ2v) is 17.1. The van der Waals surface area contributed by atoms with E-state index in [9.17, 15) is 0 Å². The van der Waals surface area contributed by atoms with Gasteiger partial charge in [0.25, 0.3) is 0 Å². The van der Waals surface area contributed by atoms with Crippen molar-refractivity contribution in [1.29, 1.82) is 0 Å². The van der Waals surface area contributed by atoms with Crippen LogP contribution in [0.4, 0.5) is 0 Å². The summed E-state index contributed by atoms with van der Waals surface area (Å²) < 4.78 is 0. The maximum absolute atomic E-state index is 2.45. The minimum absolute atomic E-state index is 0.0943. The fourth-order valence-corrected chi connectivity index (χ4v) is 10.7. The van der Waals surface area contributed by atoms with Crippen molar-refractivity contribution in [2.75, 3.05) is 0 Å². The Kier molecular flexibility index (Phi) is 7.99. The van der Waals surface area contributed by atoms with E-state index in [1.807, 2.05) is 0 Å². The molecule has 0 radical (unpaired) electrons. The lowest BCUT2D eigenvalue weighted by atomic mass is 9.80. The highest BCUT2D eigenvalue weighted by molar-refractivity contribution is 6.24. The highest BCUT2D eigenvalue weighted by atomic mass is 14.4. The highest BCUT2D eigenvalue weighted by Crippen LogP contribution is 2.55. The van der Waals surface area contributed by atoms with E-state index in [2.05, 4.69) is 232 Å². The van der Waals surface area contributed by atoms with E-state index in [-0.39, 0.29) is 5.41 Å². The first kappa shape index (κ1) is 35.4. The van der Waals surface area contributed by atoms with Gasteiger partial charge in [0.1, 0.15) is 0 Å². The van der Waals surface area contributed by atoms with Crippen molar-refractivity contribution in [3.05, 3.63) is 230 Å². The average molecular weight is 775 g/mol. The van der Waals surface area contributed by atoms with Gasteiger partial charge >= 0.3 is 0 Å². The fourth-order valence-electron chi connectivity index (χ4n) is 10.7. The molecule has 0 unspecified atom stereocenters. The Morgan fingerprint density at radius 1 is 0.230 bits per heavy atom. The van der Waals surface area contributed by atoms with Crippen LogP contribution in [-0.4, -0.2) is 0 Å². The van der Waals surface area contributed by atoms with Crippen molar-refractivity contribution < 1.29 is 0 Å². The number of benzene rings is 11. The highest BCUT2D eigenvalue weighted by Gasteiger charge is 2.37. The van der Waals surface area contributed by atoms with Gasteiger partial charge < -0.3 is 0 Å². The molecule has 0 atom stereocenters. The van der Waals surface area contributed by atoms with Crippen LogP contribution in [-0.2, 0) is 5.41 Å². The predicted octanol–water partition coefficient (Wildman–Crippen LogP) is 16.9. The molecule has 1 aliphatic rings. The van der Waals surface area contributed by atoms with Crippen molar-refractivity contribution in [2.45, 2.75) is 19.3 Å². The Morgan fingerprint density at radius 3 is 1.15 bits per heavy atom. The van der Waals surface area contributed by atoms with Crippen LogP contribution in [0.2, 0.25) is 0 Å². The van der Waals surface area contributed by atoms with Crippen LogP contribution in [0.25, 0.3) is 110 Å². The quantitative estimate of drug-likeness (QED) is 0.153. The van der Waals surface area contributed by atoms with Crippen molar-refractivity contribution in [3.63, 3.8) is 0 Å². The van der Waals surface area contributed by atoms with Crippen LogP contribution in [0, 0.1) is 0 Å². The van der Waals surface area contributed by atoms with E-state index in [1.54, 1.807) is 0 Å². The van der Waals surface area contributed by atoms with Gasteiger partial charge in [0, 0.05) is 5.41 Å². The molecule has 0 aliphatic heterocycles. The van der Waals surface area contributed by atoms with Gasteiger partial charge in [-0.2, -0.15) is 0 Å². The molecule has 1 aliphatic carbocycles. The maximum Gasteiger partial charge on any atom is 0.0159 e.